The minimum absolute atomic E-state index is 0.0804. The third kappa shape index (κ3) is 5.17. The number of hydrogen-bond acceptors (Lipinski definition) is 5. The molecule has 7 heteroatoms. The fraction of sp³-hybridized carbons (Fsp3) is 1.00. The number of sulfonamides is 1. The van der Waals surface area contributed by atoms with E-state index in [-0.39, 0.29) is 18.4 Å². The summed E-state index contributed by atoms with van der Waals surface area (Å²) >= 11 is 0. The van der Waals surface area contributed by atoms with Gasteiger partial charge in [0.15, 0.2) is 5.79 Å². The maximum atomic E-state index is 11.8. The van der Waals surface area contributed by atoms with Crippen molar-refractivity contribution in [3.63, 3.8) is 0 Å². The third-order valence-electron chi connectivity index (χ3n) is 4.24. The molecular formula is C14H27NO5S. The van der Waals surface area contributed by atoms with Crippen molar-refractivity contribution in [1.82, 2.24) is 4.72 Å². The average Bonchev–Trinajstić information content (AvgIpc) is 2.84. The van der Waals surface area contributed by atoms with Crippen LogP contribution in [0.4, 0.5) is 0 Å². The summed E-state index contributed by atoms with van der Waals surface area (Å²) < 4.78 is 42.9. The van der Waals surface area contributed by atoms with E-state index in [1.807, 2.05) is 0 Å². The van der Waals surface area contributed by atoms with Gasteiger partial charge in [0.2, 0.25) is 10.0 Å². The highest BCUT2D eigenvalue weighted by Crippen LogP contribution is 2.39. The number of ether oxygens (including phenoxy) is 3. The Labute approximate surface area is 127 Å². The largest absolute Gasteiger partial charge is 0.385 e. The highest BCUT2D eigenvalue weighted by atomic mass is 32.2. The van der Waals surface area contributed by atoms with E-state index in [2.05, 4.69) is 11.6 Å². The van der Waals surface area contributed by atoms with Crippen LogP contribution in [0.3, 0.4) is 0 Å². The molecule has 0 radical (unpaired) electrons. The molecule has 2 fully saturated rings. The van der Waals surface area contributed by atoms with Gasteiger partial charge in [-0.05, 0) is 25.2 Å². The zero-order valence-electron chi connectivity index (χ0n) is 13.0. The van der Waals surface area contributed by atoms with Crippen molar-refractivity contribution >= 4 is 10.0 Å². The van der Waals surface area contributed by atoms with Crippen LogP contribution in [-0.2, 0) is 24.2 Å². The standard InChI is InChI=1S/C14H27NO5S/c1-12-4-6-14(7-5-12)19-11-13(20-14)10-15-21(16,17)9-3-8-18-2/h12-13,15H,3-11H2,1-2H3/t12?,13-,14?/m0/s1. The van der Waals surface area contributed by atoms with Crippen molar-refractivity contribution in [1.29, 1.82) is 0 Å². The normalized spacial score (nSPS) is 33.6. The molecule has 1 saturated heterocycles. The Bertz CT molecular complexity index is 417. The summed E-state index contributed by atoms with van der Waals surface area (Å²) in [5.41, 5.74) is 0. The zero-order valence-corrected chi connectivity index (χ0v) is 13.8. The number of methoxy groups -OCH3 is 1. The summed E-state index contributed by atoms with van der Waals surface area (Å²) in [5.74, 6) is 0.344. The molecule has 1 N–H and O–H groups in total. The summed E-state index contributed by atoms with van der Waals surface area (Å²) in [6.45, 7) is 3.44. The van der Waals surface area contributed by atoms with E-state index in [1.165, 1.54) is 0 Å². The number of rotatable bonds is 7. The van der Waals surface area contributed by atoms with Crippen LogP contribution >= 0.6 is 0 Å². The molecule has 2 aliphatic rings. The van der Waals surface area contributed by atoms with Gasteiger partial charge in [0.05, 0.1) is 18.5 Å². The quantitative estimate of drug-likeness (QED) is 0.715. The number of nitrogens with one attached hydrogen (secondary N) is 1. The topological polar surface area (TPSA) is 73.9 Å². The van der Waals surface area contributed by atoms with Crippen LogP contribution in [0, 0.1) is 5.92 Å². The summed E-state index contributed by atoms with van der Waals surface area (Å²) in [6.07, 6.45) is 4.34. The molecule has 0 aromatic carbocycles. The Morgan fingerprint density at radius 1 is 1.33 bits per heavy atom. The lowest BCUT2D eigenvalue weighted by Gasteiger charge is -2.34. The molecule has 0 amide bonds. The molecule has 1 saturated carbocycles. The van der Waals surface area contributed by atoms with Gasteiger partial charge in [-0.2, -0.15) is 0 Å². The van der Waals surface area contributed by atoms with Crippen LogP contribution in [0.5, 0.6) is 0 Å². The van der Waals surface area contributed by atoms with Crippen LogP contribution in [0.15, 0.2) is 0 Å². The lowest BCUT2D eigenvalue weighted by molar-refractivity contribution is -0.191. The Hall–Kier alpha value is -0.210. The first kappa shape index (κ1) is 17.1. The van der Waals surface area contributed by atoms with E-state index >= 15 is 0 Å². The number of hydrogen-bond donors (Lipinski definition) is 1. The summed E-state index contributed by atoms with van der Waals surface area (Å²) in [7, 11) is -1.69. The molecule has 0 aromatic heterocycles. The van der Waals surface area contributed by atoms with E-state index in [1.54, 1.807) is 7.11 Å². The fourth-order valence-corrected chi connectivity index (χ4v) is 3.95. The van der Waals surface area contributed by atoms with Gasteiger partial charge in [-0.15, -0.1) is 0 Å². The van der Waals surface area contributed by atoms with Gasteiger partial charge in [0, 0.05) is 33.1 Å². The van der Waals surface area contributed by atoms with Gasteiger partial charge >= 0.3 is 0 Å². The first-order chi connectivity index (χ1) is 9.95. The van der Waals surface area contributed by atoms with Gasteiger partial charge in [0.25, 0.3) is 0 Å². The second kappa shape index (κ2) is 7.37. The molecule has 21 heavy (non-hydrogen) atoms. The average molecular weight is 321 g/mol. The third-order valence-corrected chi connectivity index (χ3v) is 5.67. The second-order valence-corrected chi connectivity index (χ2v) is 8.08. The highest BCUT2D eigenvalue weighted by Gasteiger charge is 2.43. The highest BCUT2D eigenvalue weighted by molar-refractivity contribution is 7.89. The minimum Gasteiger partial charge on any atom is -0.385 e. The van der Waals surface area contributed by atoms with Crippen molar-refractivity contribution in [2.24, 2.45) is 5.92 Å². The maximum Gasteiger partial charge on any atom is 0.211 e. The lowest BCUT2D eigenvalue weighted by Crippen LogP contribution is -2.38. The Balaban J connectivity index is 1.73. The van der Waals surface area contributed by atoms with Gasteiger partial charge in [-0.3, -0.25) is 0 Å². The predicted molar refractivity (Wildman–Crippen MR) is 79.5 cm³/mol. The van der Waals surface area contributed by atoms with E-state index in [9.17, 15) is 8.42 Å². The molecule has 1 aliphatic heterocycles. The molecule has 0 aromatic rings. The van der Waals surface area contributed by atoms with Crippen LogP contribution < -0.4 is 4.72 Å². The first-order valence-electron chi connectivity index (χ1n) is 7.73. The molecule has 2 rings (SSSR count). The van der Waals surface area contributed by atoms with Gasteiger partial charge < -0.3 is 14.2 Å². The van der Waals surface area contributed by atoms with E-state index in [0.717, 1.165) is 31.6 Å². The molecule has 1 heterocycles. The van der Waals surface area contributed by atoms with Crippen molar-refractivity contribution in [2.75, 3.05) is 32.6 Å². The molecular weight excluding hydrogens is 294 g/mol. The maximum absolute atomic E-state index is 11.8. The SMILES string of the molecule is COCCCS(=O)(=O)NC[C@H]1COC2(CCC(C)CC2)O1. The second-order valence-electron chi connectivity index (χ2n) is 6.16. The van der Waals surface area contributed by atoms with Gasteiger partial charge in [0.1, 0.15) is 0 Å². The van der Waals surface area contributed by atoms with Crippen LogP contribution in [0.25, 0.3) is 0 Å². The van der Waals surface area contributed by atoms with Gasteiger partial charge in [-0.1, -0.05) is 6.92 Å². The molecule has 6 nitrogen and oxygen atoms in total. The van der Waals surface area contributed by atoms with E-state index < -0.39 is 15.8 Å². The van der Waals surface area contributed by atoms with Crippen molar-refractivity contribution in [3.05, 3.63) is 0 Å². The molecule has 124 valence electrons. The van der Waals surface area contributed by atoms with Crippen LogP contribution in [-0.4, -0.2) is 52.9 Å². The molecule has 0 bridgehead atoms. The summed E-state index contributed by atoms with van der Waals surface area (Å²) in [6, 6.07) is 0. The zero-order chi connectivity index (χ0) is 15.3. The van der Waals surface area contributed by atoms with Crippen molar-refractivity contribution < 1.29 is 22.6 Å². The molecule has 1 atom stereocenters. The monoisotopic (exact) mass is 321 g/mol. The fourth-order valence-electron chi connectivity index (χ4n) is 2.87. The molecule has 1 aliphatic carbocycles. The lowest BCUT2D eigenvalue weighted by atomic mass is 9.86. The van der Waals surface area contributed by atoms with Crippen molar-refractivity contribution in [3.8, 4) is 0 Å². The van der Waals surface area contributed by atoms with Crippen molar-refractivity contribution in [2.45, 2.75) is 50.9 Å². The smallest absolute Gasteiger partial charge is 0.211 e. The van der Waals surface area contributed by atoms with Crippen LogP contribution in [0.1, 0.15) is 39.0 Å². The predicted octanol–water partition coefficient (Wildman–Crippen LogP) is 1.26. The molecule has 0 unspecified atom stereocenters. The summed E-state index contributed by atoms with van der Waals surface area (Å²) in [4.78, 5) is 0. The van der Waals surface area contributed by atoms with Crippen LogP contribution in [0.2, 0.25) is 0 Å². The minimum atomic E-state index is -3.26. The Morgan fingerprint density at radius 2 is 2.05 bits per heavy atom. The Morgan fingerprint density at radius 3 is 2.71 bits per heavy atom. The summed E-state index contributed by atoms with van der Waals surface area (Å²) in [5, 5.41) is 0. The first-order valence-corrected chi connectivity index (χ1v) is 9.38. The Kier molecular flexibility index (Phi) is 6.02. The van der Waals surface area contributed by atoms with Gasteiger partial charge in [-0.25, -0.2) is 13.1 Å². The van der Waals surface area contributed by atoms with E-state index in [4.69, 9.17) is 14.2 Å². The van der Waals surface area contributed by atoms with E-state index in [0.29, 0.717) is 19.6 Å². The molecule has 1 spiro atoms.